The van der Waals surface area contributed by atoms with Gasteiger partial charge in [0, 0.05) is 9.75 Å². The maximum absolute atomic E-state index is 6.42. The summed E-state index contributed by atoms with van der Waals surface area (Å²) in [6.45, 7) is 4.55. The quantitative estimate of drug-likeness (QED) is 0.753. The summed E-state index contributed by atoms with van der Waals surface area (Å²) in [6, 6.07) is 2.38. The van der Waals surface area contributed by atoms with Crippen LogP contribution in [-0.2, 0) is 18.4 Å². The Morgan fingerprint density at radius 2 is 2.07 bits per heavy atom. The van der Waals surface area contributed by atoms with Gasteiger partial charge in [-0.25, -0.2) is 0 Å². The van der Waals surface area contributed by atoms with Crippen LogP contribution < -0.4 is 5.73 Å². The number of nitrogens with two attached hydrogens (primary N) is 1. The molecule has 1 heterocycles. The number of rotatable bonds is 1. The molecule has 14 heavy (non-hydrogen) atoms. The van der Waals surface area contributed by atoms with Crippen molar-refractivity contribution in [2.24, 2.45) is 11.1 Å². The predicted octanol–water partition coefficient (Wildman–Crippen LogP) is 2.82. The zero-order chi connectivity index (χ0) is 9.97. The second-order valence-electron chi connectivity index (χ2n) is 5.44. The molecule has 2 N–H and O–H groups in total. The van der Waals surface area contributed by atoms with Crippen LogP contribution in [-0.4, -0.2) is 0 Å². The van der Waals surface area contributed by atoms with Crippen molar-refractivity contribution in [2.45, 2.75) is 45.1 Å². The van der Waals surface area contributed by atoms with Gasteiger partial charge in [-0.3, -0.25) is 0 Å². The molecule has 1 aromatic rings. The molecule has 1 nitrogen and oxygen atoms in total. The lowest BCUT2D eigenvalue weighted by Crippen LogP contribution is -2.24. The second-order valence-corrected chi connectivity index (χ2v) is 6.58. The molecule has 1 saturated carbocycles. The Kier molecular flexibility index (Phi) is 1.54. The summed E-state index contributed by atoms with van der Waals surface area (Å²) in [7, 11) is 0. The second kappa shape index (κ2) is 2.42. The van der Waals surface area contributed by atoms with Crippen LogP contribution in [0.25, 0.3) is 0 Å². The fourth-order valence-corrected chi connectivity index (χ4v) is 4.16. The lowest BCUT2D eigenvalue weighted by atomic mass is 10.0. The number of hydrogen-bond donors (Lipinski definition) is 1. The summed E-state index contributed by atoms with van der Waals surface area (Å²) < 4.78 is 0. The fraction of sp³-hybridized carbons (Fsp3) is 0.667. The van der Waals surface area contributed by atoms with Crippen molar-refractivity contribution in [3.8, 4) is 0 Å². The molecule has 2 heteroatoms. The summed E-state index contributed by atoms with van der Waals surface area (Å²) in [5, 5.41) is 0. The molecule has 76 valence electrons. The zero-order valence-electron chi connectivity index (χ0n) is 8.89. The van der Waals surface area contributed by atoms with Gasteiger partial charge in [-0.05, 0) is 42.7 Å². The molecular weight excluding hydrogens is 190 g/mol. The minimum Gasteiger partial charge on any atom is -0.320 e. The lowest BCUT2D eigenvalue weighted by Gasteiger charge is -2.12. The van der Waals surface area contributed by atoms with E-state index in [1.165, 1.54) is 24.1 Å². The van der Waals surface area contributed by atoms with E-state index in [0.717, 1.165) is 6.42 Å². The van der Waals surface area contributed by atoms with Crippen molar-refractivity contribution >= 4 is 11.3 Å². The molecule has 2 aliphatic carbocycles. The summed E-state index contributed by atoms with van der Waals surface area (Å²) in [5.41, 5.74) is 8.33. The van der Waals surface area contributed by atoms with Crippen molar-refractivity contribution in [3.05, 3.63) is 21.4 Å². The molecule has 2 aliphatic rings. The number of fused-ring (bicyclic) bond motifs is 1. The molecule has 0 saturated heterocycles. The maximum atomic E-state index is 6.42. The van der Waals surface area contributed by atoms with Crippen molar-refractivity contribution in [1.29, 1.82) is 0 Å². The molecule has 1 fully saturated rings. The van der Waals surface area contributed by atoms with E-state index in [9.17, 15) is 0 Å². The van der Waals surface area contributed by atoms with Gasteiger partial charge in [0.2, 0.25) is 0 Å². The Hall–Kier alpha value is -0.340. The third-order valence-electron chi connectivity index (χ3n) is 3.99. The van der Waals surface area contributed by atoms with Crippen molar-refractivity contribution < 1.29 is 0 Å². The number of aryl methyl sites for hydroxylation is 2. The summed E-state index contributed by atoms with van der Waals surface area (Å²) in [5.74, 6) is 0. The molecule has 0 amide bonds. The van der Waals surface area contributed by atoms with Crippen LogP contribution in [0.3, 0.4) is 0 Å². The van der Waals surface area contributed by atoms with E-state index in [-0.39, 0.29) is 5.54 Å². The van der Waals surface area contributed by atoms with Crippen molar-refractivity contribution in [3.63, 3.8) is 0 Å². The highest BCUT2D eigenvalue weighted by Gasteiger charge is 2.60. The molecule has 0 aromatic carbocycles. The minimum absolute atomic E-state index is 0.00199. The maximum Gasteiger partial charge on any atom is 0.0562 e. The van der Waals surface area contributed by atoms with E-state index < -0.39 is 0 Å². The Balaban J connectivity index is 1.99. The average Bonchev–Trinajstić information content (AvgIpc) is 2.51. The molecule has 1 atom stereocenters. The standard InChI is InChI=1S/C12H17NS/c1-11(2)7-12(11,13)10-6-8-4-3-5-9(8)14-10/h6H,3-5,7,13H2,1-2H3. The molecular formula is C12H17NS. The normalized spacial score (nSPS) is 33.1. The fourth-order valence-electron chi connectivity index (χ4n) is 2.62. The Morgan fingerprint density at radius 1 is 1.36 bits per heavy atom. The van der Waals surface area contributed by atoms with Crippen LogP contribution in [0, 0.1) is 5.41 Å². The molecule has 3 rings (SSSR count). The van der Waals surface area contributed by atoms with Crippen LogP contribution in [0.15, 0.2) is 6.07 Å². The molecule has 1 unspecified atom stereocenters. The van der Waals surface area contributed by atoms with E-state index in [1.54, 1.807) is 10.4 Å². The van der Waals surface area contributed by atoms with Gasteiger partial charge in [0.25, 0.3) is 0 Å². The lowest BCUT2D eigenvalue weighted by molar-refractivity contribution is 0.516. The summed E-state index contributed by atoms with van der Waals surface area (Å²) in [6.07, 6.45) is 5.07. The first-order chi connectivity index (χ1) is 6.53. The molecule has 0 radical (unpaired) electrons. The monoisotopic (exact) mass is 207 g/mol. The van der Waals surface area contributed by atoms with E-state index >= 15 is 0 Å². The van der Waals surface area contributed by atoms with Crippen LogP contribution in [0.4, 0.5) is 0 Å². The van der Waals surface area contributed by atoms with Crippen LogP contribution >= 0.6 is 11.3 Å². The highest BCUT2D eigenvalue weighted by atomic mass is 32.1. The van der Waals surface area contributed by atoms with Crippen molar-refractivity contribution in [2.75, 3.05) is 0 Å². The van der Waals surface area contributed by atoms with E-state index in [0.29, 0.717) is 5.41 Å². The van der Waals surface area contributed by atoms with Gasteiger partial charge in [-0.2, -0.15) is 0 Å². The van der Waals surface area contributed by atoms with E-state index in [2.05, 4.69) is 19.9 Å². The van der Waals surface area contributed by atoms with Gasteiger partial charge >= 0.3 is 0 Å². The van der Waals surface area contributed by atoms with Gasteiger partial charge in [0.05, 0.1) is 5.54 Å². The van der Waals surface area contributed by atoms with Gasteiger partial charge in [-0.1, -0.05) is 13.8 Å². The molecule has 0 bridgehead atoms. The van der Waals surface area contributed by atoms with Crippen molar-refractivity contribution in [1.82, 2.24) is 0 Å². The number of thiophene rings is 1. The van der Waals surface area contributed by atoms with Crippen LogP contribution in [0.5, 0.6) is 0 Å². The SMILES string of the molecule is CC1(C)CC1(N)c1cc2c(s1)CCC2. The first-order valence-electron chi connectivity index (χ1n) is 5.44. The smallest absolute Gasteiger partial charge is 0.0562 e. The Labute approximate surface area is 89.3 Å². The third kappa shape index (κ3) is 0.986. The Morgan fingerprint density at radius 3 is 2.64 bits per heavy atom. The minimum atomic E-state index is 0.00199. The van der Waals surface area contributed by atoms with Gasteiger partial charge in [0.15, 0.2) is 0 Å². The van der Waals surface area contributed by atoms with Crippen LogP contribution in [0.1, 0.15) is 42.0 Å². The molecule has 1 aromatic heterocycles. The Bertz CT molecular complexity index is 370. The first-order valence-corrected chi connectivity index (χ1v) is 6.25. The zero-order valence-corrected chi connectivity index (χ0v) is 9.71. The molecule has 0 aliphatic heterocycles. The third-order valence-corrected chi connectivity index (χ3v) is 5.40. The molecule has 0 spiro atoms. The highest BCUT2D eigenvalue weighted by Crippen LogP contribution is 2.62. The largest absolute Gasteiger partial charge is 0.320 e. The predicted molar refractivity (Wildman–Crippen MR) is 60.6 cm³/mol. The summed E-state index contributed by atoms with van der Waals surface area (Å²) in [4.78, 5) is 3.04. The number of hydrogen-bond acceptors (Lipinski definition) is 2. The highest BCUT2D eigenvalue weighted by molar-refractivity contribution is 7.12. The van der Waals surface area contributed by atoms with E-state index in [4.69, 9.17) is 5.73 Å². The summed E-state index contributed by atoms with van der Waals surface area (Å²) >= 11 is 1.97. The topological polar surface area (TPSA) is 26.0 Å². The van der Waals surface area contributed by atoms with Gasteiger partial charge in [-0.15, -0.1) is 11.3 Å². The van der Waals surface area contributed by atoms with Gasteiger partial charge in [0.1, 0.15) is 0 Å². The van der Waals surface area contributed by atoms with Crippen LogP contribution in [0.2, 0.25) is 0 Å². The first kappa shape index (κ1) is 8.93. The van der Waals surface area contributed by atoms with E-state index in [1.807, 2.05) is 11.3 Å². The van der Waals surface area contributed by atoms with Gasteiger partial charge < -0.3 is 5.73 Å². The average molecular weight is 207 g/mol.